The molecule has 0 saturated carbocycles. The summed E-state index contributed by atoms with van der Waals surface area (Å²) in [6.07, 6.45) is 2.17. The first-order chi connectivity index (χ1) is 11.6. The Hall–Kier alpha value is -2.28. The summed E-state index contributed by atoms with van der Waals surface area (Å²) in [5.74, 6) is -0.0913. The van der Waals surface area contributed by atoms with Crippen LogP contribution in [0, 0.1) is 5.82 Å². The fourth-order valence-electron chi connectivity index (χ4n) is 2.82. The van der Waals surface area contributed by atoms with Crippen molar-refractivity contribution in [3.8, 4) is 5.69 Å². The highest BCUT2D eigenvalue weighted by molar-refractivity contribution is 5.90. The maximum absolute atomic E-state index is 14.1. The minimum absolute atomic E-state index is 0.00940. The molecule has 1 aromatic carbocycles. The summed E-state index contributed by atoms with van der Waals surface area (Å²) in [6.45, 7) is 5.40. The van der Waals surface area contributed by atoms with Crippen molar-refractivity contribution < 1.29 is 9.18 Å². The Balaban J connectivity index is 1.83. The zero-order chi connectivity index (χ0) is 17.1. The molecule has 1 fully saturated rings. The molecule has 0 spiro atoms. The van der Waals surface area contributed by atoms with Gasteiger partial charge in [0.2, 0.25) is 5.82 Å². The van der Waals surface area contributed by atoms with Crippen LogP contribution in [0.5, 0.6) is 0 Å². The second kappa shape index (κ2) is 7.09. The maximum Gasteiger partial charge on any atom is 0.291 e. The van der Waals surface area contributed by atoms with Crippen LogP contribution in [0.3, 0.4) is 0 Å². The largest absolute Gasteiger partial charge is 0.348 e. The standard InChI is InChI=1S/C17H22FN5O/c1-11(2)16-21-15(17(24)20-10-12-6-5-9-19-12)22-23(16)14-8-4-3-7-13(14)18/h3-4,7-8,11-12,19H,5-6,9-10H2,1-2H3,(H,20,24). The van der Waals surface area contributed by atoms with E-state index in [1.165, 1.54) is 10.7 Å². The van der Waals surface area contributed by atoms with E-state index in [1.807, 2.05) is 13.8 Å². The van der Waals surface area contributed by atoms with Crippen LogP contribution < -0.4 is 10.6 Å². The minimum Gasteiger partial charge on any atom is -0.348 e. The first-order valence-electron chi connectivity index (χ1n) is 8.29. The number of nitrogens with zero attached hydrogens (tertiary/aromatic N) is 3. The number of para-hydroxylation sites is 1. The molecule has 1 unspecified atom stereocenters. The average molecular weight is 331 g/mol. The fourth-order valence-corrected chi connectivity index (χ4v) is 2.82. The Morgan fingerprint density at radius 1 is 1.46 bits per heavy atom. The zero-order valence-corrected chi connectivity index (χ0v) is 13.9. The molecule has 3 rings (SSSR count). The summed E-state index contributed by atoms with van der Waals surface area (Å²) < 4.78 is 15.5. The van der Waals surface area contributed by atoms with E-state index >= 15 is 0 Å². The molecule has 1 saturated heterocycles. The number of rotatable bonds is 5. The molecule has 2 heterocycles. The van der Waals surface area contributed by atoms with Gasteiger partial charge in [0.15, 0.2) is 0 Å². The van der Waals surface area contributed by atoms with Gasteiger partial charge in [0, 0.05) is 18.5 Å². The molecule has 1 aliphatic heterocycles. The van der Waals surface area contributed by atoms with Gasteiger partial charge in [-0.05, 0) is 31.5 Å². The SMILES string of the molecule is CC(C)c1nc(C(=O)NCC2CCCN2)nn1-c1ccccc1F. The van der Waals surface area contributed by atoms with Crippen molar-refractivity contribution in [3.63, 3.8) is 0 Å². The summed E-state index contributed by atoms with van der Waals surface area (Å²) >= 11 is 0. The lowest BCUT2D eigenvalue weighted by atomic mass is 10.2. The van der Waals surface area contributed by atoms with Crippen molar-refractivity contribution in [3.05, 3.63) is 41.7 Å². The van der Waals surface area contributed by atoms with Crippen LogP contribution in [0.1, 0.15) is 49.1 Å². The van der Waals surface area contributed by atoms with Gasteiger partial charge in [-0.2, -0.15) is 0 Å². The highest BCUT2D eigenvalue weighted by Crippen LogP contribution is 2.19. The molecule has 2 aromatic rings. The number of carbonyl (C=O) groups is 1. The minimum atomic E-state index is -0.397. The molecule has 1 aliphatic rings. The van der Waals surface area contributed by atoms with Gasteiger partial charge in [0.25, 0.3) is 5.91 Å². The van der Waals surface area contributed by atoms with Gasteiger partial charge in [-0.1, -0.05) is 26.0 Å². The van der Waals surface area contributed by atoms with Gasteiger partial charge in [-0.3, -0.25) is 4.79 Å². The summed E-state index contributed by atoms with van der Waals surface area (Å²) in [7, 11) is 0. The predicted octanol–water partition coefficient (Wildman–Crippen LogP) is 2.01. The first-order valence-corrected chi connectivity index (χ1v) is 8.29. The van der Waals surface area contributed by atoms with Gasteiger partial charge >= 0.3 is 0 Å². The number of hydrogen-bond acceptors (Lipinski definition) is 4. The van der Waals surface area contributed by atoms with Crippen LogP contribution in [-0.4, -0.2) is 39.8 Å². The Morgan fingerprint density at radius 3 is 2.92 bits per heavy atom. The van der Waals surface area contributed by atoms with Gasteiger partial charge < -0.3 is 10.6 Å². The molecule has 1 atom stereocenters. The number of halogens is 1. The van der Waals surface area contributed by atoms with Gasteiger partial charge in [0.05, 0.1) is 0 Å². The van der Waals surface area contributed by atoms with E-state index in [9.17, 15) is 9.18 Å². The third-order valence-corrected chi connectivity index (χ3v) is 4.10. The molecule has 1 aromatic heterocycles. The molecule has 0 bridgehead atoms. The topological polar surface area (TPSA) is 71.8 Å². The summed E-state index contributed by atoms with van der Waals surface area (Å²) in [5, 5.41) is 10.4. The monoisotopic (exact) mass is 331 g/mol. The van der Waals surface area contributed by atoms with E-state index in [2.05, 4.69) is 20.7 Å². The van der Waals surface area contributed by atoms with Crippen LogP contribution >= 0.6 is 0 Å². The molecule has 7 heteroatoms. The average Bonchev–Trinajstić information content (AvgIpc) is 3.22. The third-order valence-electron chi connectivity index (χ3n) is 4.10. The number of hydrogen-bond donors (Lipinski definition) is 2. The number of benzene rings is 1. The molecule has 2 N–H and O–H groups in total. The lowest BCUT2D eigenvalue weighted by Crippen LogP contribution is -2.37. The normalized spacial score (nSPS) is 17.4. The molecule has 0 radical (unpaired) electrons. The number of nitrogens with one attached hydrogen (secondary N) is 2. The molecule has 128 valence electrons. The highest BCUT2D eigenvalue weighted by atomic mass is 19.1. The van der Waals surface area contributed by atoms with Crippen LogP contribution in [0.4, 0.5) is 4.39 Å². The van der Waals surface area contributed by atoms with Crippen molar-refractivity contribution in [2.24, 2.45) is 0 Å². The first kappa shape index (κ1) is 16.6. The predicted molar refractivity (Wildman–Crippen MR) is 88.8 cm³/mol. The van der Waals surface area contributed by atoms with Crippen LogP contribution in [0.25, 0.3) is 5.69 Å². The third kappa shape index (κ3) is 3.46. The quantitative estimate of drug-likeness (QED) is 0.879. The maximum atomic E-state index is 14.1. The van der Waals surface area contributed by atoms with E-state index in [0.29, 0.717) is 24.1 Å². The van der Waals surface area contributed by atoms with Gasteiger partial charge in [-0.25, -0.2) is 14.1 Å². The molecule has 6 nitrogen and oxygen atoms in total. The molecule has 0 aliphatic carbocycles. The zero-order valence-electron chi connectivity index (χ0n) is 13.9. The number of aromatic nitrogens is 3. The number of amides is 1. The van der Waals surface area contributed by atoms with E-state index in [-0.39, 0.29) is 17.6 Å². The van der Waals surface area contributed by atoms with Gasteiger partial charge in [0.1, 0.15) is 17.3 Å². The summed E-state index contributed by atoms with van der Waals surface area (Å²) in [6, 6.07) is 6.64. The van der Waals surface area contributed by atoms with Crippen LogP contribution in [-0.2, 0) is 0 Å². The highest BCUT2D eigenvalue weighted by Gasteiger charge is 2.22. The fraction of sp³-hybridized carbons (Fsp3) is 0.471. The Bertz CT molecular complexity index is 722. The van der Waals surface area contributed by atoms with Crippen molar-refractivity contribution in [1.82, 2.24) is 25.4 Å². The smallest absolute Gasteiger partial charge is 0.291 e. The van der Waals surface area contributed by atoms with E-state index < -0.39 is 5.82 Å². The summed E-state index contributed by atoms with van der Waals surface area (Å²) in [5.41, 5.74) is 0.296. The van der Waals surface area contributed by atoms with Crippen molar-refractivity contribution in [2.75, 3.05) is 13.1 Å². The van der Waals surface area contributed by atoms with Crippen molar-refractivity contribution >= 4 is 5.91 Å². The molecular weight excluding hydrogens is 309 g/mol. The Morgan fingerprint density at radius 2 is 2.25 bits per heavy atom. The second-order valence-electron chi connectivity index (χ2n) is 6.31. The van der Waals surface area contributed by atoms with Crippen molar-refractivity contribution in [2.45, 2.75) is 38.6 Å². The van der Waals surface area contributed by atoms with Crippen LogP contribution in [0.15, 0.2) is 24.3 Å². The van der Waals surface area contributed by atoms with Gasteiger partial charge in [-0.15, -0.1) is 5.10 Å². The number of carbonyl (C=O) groups excluding carboxylic acids is 1. The van der Waals surface area contributed by atoms with Crippen molar-refractivity contribution in [1.29, 1.82) is 0 Å². The summed E-state index contributed by atoms with van der Waals surface area (Å²) in [4.78, 5) is 16.7. The van der Waals surface area contributed by atoms with E-state index in [0.717, 1.165) is 19.4 Å². The van der Waals surface area contributed by atoms with Crippen LogP contribution in [0.2, 0.25) is 0 Å². The second-order valence-corrected chi connectivity index (χ2v) is 6.31. The lowest BCUT2D eigenvalue weighted by molar-refractivity contribution is 0.0940. The molecule has 24 heavy (non-hydrogen) atoms. The van der Waals surface area contributed by atoms with E-state index in [1.54, 1.807) is 18.2 Å². The lowest BCUT2D eigenvalue weighted by Gasteiger charge is -2.09. The van der Waals surface area contributed by atoms with E-state index in [4.69, 9.17) is 0 Å². The molecule has 1 amide bonds. The Kier molecular flexibility index (Phi) is 4.89. The Labute approximate surface area is 140 Å². The molecular formula is C17H22FN5O.